The molecule has 7 heteroatoms. The first-order valence-electron chi connectivity index (χ1n) is 8.92. The molecule has 0 aliphatic carbocycles. The second kappa shape index (κ2) is 7.87. The number of hydrogen-bond acceptors (Lipinski definition) is 6. The molecule has 2 aromatic heterocycles. The van der Waals surface area contributed by atoms with Gasteiger partial charge in [0, 0.05) is 17.2 Å². The molecule has 0 aliphatic rings. The number of hydrogen-bond donors (Lipinski definition) is 0. The number of ether oxygens (including phenoxy) is 1. The number of benzene rings is 2. The second-order valence-electron chi connectivity index (χ2n) is 6.05. The van der Waals surface area contributed by atoms with Crippen LogP contribution in [-0.2, 0) is 6.54 Å². The van der Waals surface area contributed by atoms with E-state index in [1.807, 2.05) is 61.5 Å². The predicted octanol–water partition coefficient (Wildman–Crippen LogP) is 3.41. The summed E-state index contributed by atoms with van der Waals surface area (Å²) in [6, 6.07) is 20.3. The molecule has 0 radical (unpaired) electrons. The summed E-state index contributed by atoms with van der Waals surface area (Å²) in [5.41, 5.74) is 2.20. The molecule has 0 amide bonds. The van der Waals surface area contributed by atoms with E-state index in [0.29, 0.717) is 24.0 Å². The summed E-state index contributed by atoms with van der Waals surface area (Å²) in [7, 11) is 0. The van der Waals surface area contributed by atoms with E-state index in [1.165, 1.54) is 10.7 Å². The van der Waals surface area contributed by atoms with Gasteiger partial charge in [-0.25, -0.2) is 4.68 Å². The van der Waals surface area contributed by atoms with E-state index in [-0.39, 0.29) is 12.1 Å². The van der Waals surface area contributed by atoms with E-state index in [1.54, 1.807) is 6.07 Å². The Labute approximate surface area is 161 Å². The fourth-order valence-corrected chi connectivity index (χ4v) is 2.76. The van der Waals surface area contributed by atoms with E-state index < -0.39 is 0 Å². The van der Waals surface area contributed by atoms with Crippen LogP contribution < -0.4 is 10.3 Å². The van der Waals surface area contributed by atoms with E-state index in [0.717, 1.165) is 16.9 Å². The van der Waals surface area contributed by atoms with Crippen molar-refractivity contribution in [2.24, 2.45) is 0 Å². The van der Waals surface area contributed by atoms with Crippen LogP contribution in [0.25, 0.3) is 22.6 Å². The first-order chi connectivity index (χ1) is 13.7. The van der Waals surface area contributed by atoms with Gasteiger partial charge in [-0.1, -0.05) is 35.5 Å². The Hall–Kier alpha value is -3.74. The Morgan fingerprint density at radius 3 is 2.50 bits per heavy atom. The summed E-state index contributed by atoms with van der Waals surface area (Å²) >= 11 is 0. The molecule has 0 saturated carbocycles. The highest BCUT2D eigenvalue weighted by Crippen LogP contribution is 2.20. The van der Waals surface area contributed by atoms with Crippen molar-refractivity contribution in [3.05, 3.63) is 83.0 Å². The minimum atomic E-state index is -0.236. The third-order valence-electron chi connectivity index (χ3n) is 4.11. The van der Waals surface area contributed by atoms with Crippen LogP contribution in [0.3, 0.4) is 0 Å². The molecule has 0 fully saturated rings. The summed E-state index contributed by atoms with van der Waals surface area (Å²) < 4.78 is 12.1. The quantitative estimate of drug-likeness (QED) is 0.514. The third-order valence-corrected chi connectivity index (χ3v) is 4.11. The number of nitrogens with zero attached hydrogens (tertiary/aromatic N) is 4. The van der Waals surface area contributed by atoms with E-state index >= 15 is 0 Å². The molecule has 0 N–H and O–H groups in total. The lowest BCUT2D eigenvalue weighted by Crippen LogP contribution is -2.23. The van der Waals surface area contributed by atoms with Crippen LogP contribution in [-0.4, -0.2) is 26.5 Å². The summed E-state index contributed by atoms with van der Waals surface area (Å²) in [6.07, 6.45) is 0. The molecule has 0 bridgehead atoms. The van der Waals surface area contributed by atoms with Gasteiger partial charge < -0.3 is 9.26 Å². The Balaban J connectivity index is 1.56. The molecule has 2 aromatic carbocycles. The lowest BCUT2D eigenvalue weighted by atomic mass is 10.1. The molecule has 0 unspecified atom stereocenters. The molecule has 0 aliphatic heterocycles. The Morgan fingerprint density at radius 2 is 1.75 bits per heavy atom. The maximum atomic E-state index is 12.2. The largest absolute Gasteiger partial charge is 0.494 e. The minimum absolute atomic E-state index is 0.101. The van der Waals surface area contributed by atoms with Crippen molar-refractivity contribution in [3.8, 4) is 28.4 Å². The zero-order chi connectivity index (χ0) is 19.3. The topological polar surface area (TPSA) is 83.0 Å². The molecule has 7 nitrogen and oxygen atoms in total. The molecule has 4 aromatic rings. The van der Waals surface area contributed by atoms with Crippen LogP contribution >= 0.6 is 0 Å². The van der Waals surface area contributed by atoms with E-state index in [2.05, 4.69) is 15.2 Å². The number of rotatable bonds is 6. The van der Waals surface area contributed by atoms with Gasteiger partial charge in [0.25, 0.3) is 5.56 Å². The van der Waals surface area contributed by atoms with Gasteiger partial charge in [0.2, 0.25) is 11.7 Å². The second-order valence-corrected chi connectivity index (χ2v) is 6.05. The van der Waals surface area contributed by atoms with Crippen molar-refractivity contribution in [1.29, 1.82) is 0 Å². The zero-order valence-electron chi connectivity index (χ0n) is 15.3. The van der Waals surface area contributed by atoms with Crippen LogP contribution in [0.5, 0.6) is 5.75 Å². The van der Waals surface area contributed by atoms with E-state index in [9.17, 15) is 4.79 Å². The average Bonchev–Trinajstić information content (AvgIpc) is 3.20. The summed E-state index contributed by atoms with van der Waals surface area (Å²) in [4.78, 5) is 16.6. The lowest BCUT2D eigenvalue weighted by molar-refractivity contribution is 0.340. The van der Waals surface area contributed by atoms with Crippen LogP contribution in [0, 0.1) is 0 Å². The highest BCUT2D eigenvalue weighted by molar-refractivity contribution is 5.58. The van der Waals surface area contributed by atoms with Crippen LogP contribution in [0.4, 0.5) is 0 Å². The van der Waals surface area contributed by atoms with Crippen molar-refractivity contribution in [1.82, 2.24) is 19.9 Å². The summed E-state index contributed by atoms with van der Waals surface area (Å²) in [5, 5.41) is 8.41. The van der Waals surface area contributed by atoms with Crippen molar-refractivity contribution in [3.63, 3.8) is 0 Å². The molecular weight excluding hydrogens is 356 g/mol. The summed E-state index contributed by atoms with van der Waals surface area (Å²) in [6.45, 7) is 2.64. The van der Waals surface area contributed by atoms with Crippen molar-refractivity contribution in [2.45, 2.75) is 13.5 Å². The van der Waals surface area contributed by atoms with Crippen molar-refractivity contribution in [2.75, 3.05) is 6.61 Å². The first kappa shape index (κ1) is 17.7. The third kappa shape index (κ3) is 3.83. The van der Waals surface area contributed by atoms with Crippen LogP contribution in [0.1, 0.15) is 12.8 Å². The van der Waals surface area contributed by atoms with Crippen molar-refractivity contribution >= 4 is 0 Å². The maximum Gasteiger partial charge on any atom is 0.267 e. The zero-order valence-corrected chi connectivity index (χ0v) is 15.3. The Morgan fingerprint density at radius 1 is 0.964 bits per heavy atom. The lowest BCUT2D eigenvalue weighted by Gasteiger charge is -2.04. The van der Waals surface area contributed by atoms with Crippen LogP contribution in [0.2, 0.25) is 0 Å². The van der Waals surface area contributed by atoms with Gasteiger partial charge in [0.1, 0.15) is 12.3 Å². The van der Waals surface area contributed by atoms with E-state index in [4.69, 9.17) is 9.26 Å². The molecule has 0 saturated heterocycles. The highest BCUT2D eigenvalue weighted by Gasteiger charge is 2.11. The van der Waals surface area contributed by atoms with Gasteiger partial charge in [-0.05, 0) is 37.3 Å². The molecular formula is C21H18N4O3. The molecule has 140 valence electrons. The fraction of sp³-hybridized carbons (Fsp3) is 0.143. The standard InChI is InChI=1S/C21H18N4O3/c1-2-27-17-10-8-16(9-11-17)21-22-19(28-24-21)14-25-20(26)13-12-18(23-25)15-6-4-3-5-7-15/h3-13H,2,14H2,1H3. The molecule has 0 atom stereocenters. The van der Waals surface area contributed by atoms with Gasteiger partial charge in [0.05, 0.1) is 12.3 Å². The predicted molar refractivity (Wildman–Crippen MR) is 104 cm³/mol. The van der Waals surface area contributed by atoms with Crippen LogP contribution in [0.15, 0.2) is 76.0 Å². The smallest absolute Gasteiger partial charge is 0.267 e. The van der Waals surface area contributed by atoms with Gasteiger partial charge in [0.15, 0.2) is 0 Å². The Kier molecular flexibility index (Phi) is 4.97. The monoisotopic (exact) mass is 374 g/mol. The normalized spacial score (nSPS) is 10.8. The molecule has 2 heterocycles. The Bertz CT molecular complexity index is 1120. The molecule has 0 spiro atoms. The molecule has 4 rings (SSSR count). The van der Waals surface area contributed by atoms with Gasteiger partial charge in [-0.3, -0.25) is 4.79 Å². The molecule has 28 heavy (non-hydrogen) atoms. The fourth-order valence-electron chi connectivity index (χ4n) is 2.76. The SMILES string of the molecule is CCOc1ccc(-c2noc(Cn3nc(-c4ccccc4)ccc3=O)n2)cc1. The van der Waals surface area contributed by atoms with Gasteiger partial charge in [-0.15, -0.1) is 0 Å². The average molecular weight is 374 g/mol. The van der Waals surface area contributed by atoms with Gasteiger partial charge in [-0.2, -0.15) is 10.1 Å². The summed E-state index contributed by atoms with van der Waals surface area (Å²) in [5.74, 6) is 1.54. The number of aromatic nitrogens is 4. The van der Waals surface area contributed by atoms with Crippen molar-refractivity contribution < 1.29 is 9.26 Å². The van der Waals surface area contributed by atoms with Gasteiger partial charge >= 0.3 is 0 Å². The maximum absolute atomic E-state index is 12.2. The minimum Gasteiger partial charge on any atom is -0.494 e. The first-order valence-corrected chi connectivity index (χ1v) is 8.92. The highest BCUT2D eigenvalue weighted by atomic mass is 16.5.